The van der Waals surface area contributed by atoms with Crippen molar-refractivity contribution < 1.29 is 4.39 Å². The van der Waals surface area contributed by atoms with Gasteiger partial charge in [0.05, 0.1) is 11.7 Å². The Morgan fingerprint density at radius 3 is 2.67 bits per heavy atom. The Kier molecular flexibility index (Phi) is 2.76. The maximum absolute atomic E-state index is 13.1. The van der Waals surface area contributed by atoms with Crippen LogP contribution in [0.25, 0.3) is 0 Å². The Hall–Kier alpha value is -0.960. The van der Waals surface area contributed by atoms with E-state index in [0.29, 0.717) is 5.69 Å². The van der Waals surface area contributed by atoms with Crippen molar-refractivity contribution in [1.29, 1.82) is 0 Å². The molecule has 0 aliphatic carbocycles. The number of pyridine rings is 1. The van der Waals surface area contributed by atoms with Crippen LogP contribution in [0.15, 0.2) is 18.3 Å². The molecule has 0 fully saturated rings. The average molecular weight is 168 g/mol. The summed E-state index contributed by atoms with van der Waals surface area (Å²) in [5, 5.41) is 0. The van der Waals surface area contributed by atoms with Gasteiger partial charge in [-0.3, -0.25) is 4.98 Å². The fourth-order valence-corrected chi connectivity index (χ4v) is 0.959. The Morgan fingerprint density at radius 2 is 2.17 bits per heavy atom. The normalized spacial score (nSPS) is 13.4. The molecule has 0 aromatic carbocycles. The molecule has 1 rings (SSSR count). The van der Waals surface area contributed by atoms with Crippen molar-refractivity contribution in [3.63, 3.8) is 0 Å². The second-order valence-electron chi connectivity index (χ2n) is 3.14. The monoisotopic (exact) mass is 168 g/mol. The van der Waals surface area contributed by atoms with E-state index in [-0.39, 0.29) is 17.8 Å². The molecule has 0 aliphatic rings. The van der Waals surface area contributed by atoms with Crippen molar-refractivity contribution >= 4 is 0 Å². The van der Waals surface area contributed by atoms with E-state index in [1.807, 2.05) is 13.8 Å². The zero-order valence-corrected chi connectivity index (χ0v) is 7.29. The van der Waals surface area contributed by atoms with Gasteiger partial charge >= 0.3 is 0 Å². The van der Waals surface area contributed by atoms with Crippen LogP contribution in [0.5, 0.6) is 0 Å². The minimum absolute atomic E-state index is 0.203. The van der Waals surface area contributed by atoms with Crippen molar-refractivity contribution in [3.05, 3.63) is 29.8 Å². The summed E-state index contributed by atoms with van der Waals surface area (Å²) >= 11 is 0. The summed E-state index contributed by atoms with van der Waals surface area (Å²) < 4.78 is 13.1. The highest BCUT2D eigenvalue weighted by Gasteiger charge is 2.15. The van der Waals surface area contributed by atoms with E-state index in [2.05, 4.69) is 4.98 Å². The Labute approximate surface area is 71.6 Å². The van der Waals surface area contributed by atoms with Gasteiger partial charge in [-0.1, -0.05) is 13.8 Å². The molecular weight excluding hydrogens is 155 g/mol. The number of aromatic nitrogens is 1. The van der Waals surface area contributed by atoms with E-state index in [0.717, 1.165) is 0 Å². The average Bonchev–Trinajstić information content (AvgIpc) is 2.04. The topological polar surface area (TPSA) is 38.9 Å². The molecule has 0 spiro atoms. The minimum Gasteiger partial charge on any atom is -0.322 e. The Bertz CT molecular complexity index is 260. The summed E-state index contributed by atoms with van der Waals surface area (Å²) in [7, 11) is 0. The van der Waals surface area contributed by atoms with Gasteiger partial charge in [0.1, 0.15) is 5.82 Å². The summed E-state index contributed by atoms with van der Waals surface area (Å²) in [6.07, 6.45) is 1.56. The number of nitrogens with two attached hydrogens (primary N) is 1. The fraction of sp³-hybridized carbons (Fsp3) is 0.444. The highest BCUT2D eigenvalue weighted by atomic mass is 19.1. The Balaban J connectivity index is 2.94. The molecule has 66 valence electrons. The number of halogens is 1. The van der Waals surface area contributed by atoms with Gasteiger partial charge in [-0.2, -0.15) is 0 Å². The third-order valence-electron chi connectivity index (χ3n) is 1.82. The molecule has 2 N–H and O–H groups in total. The van der Waals surface area contributed by atoms with Gasteiger partial charge in [0.15, 0.2) is 0 Å². The van der Waals surface area contributed by atoms with E-state index in [1.54, 1.807) is 12.3 Å². The van der Waals surface area contributed by atoms with Crippen LogP contribution in [0, 0.1) is 11.7 Å². The molecule has 1 heterocycles. The molecule has 0 saturated carbocycles. The highest BCUT2D eigenvalue weighted by Crippen LogP contribution is 2.18. The maximum atomic E-state index is 13.1. The standard InChI is InChI=1S/C9H13FN2/c1-6(2)8(11)9-7(10)4-3-5-12-9/h3-6,8H,11H2,1-2H3/t8-/m0/s1. The number of nitrogens with zero attached hydrogens (tertiary/aromatic N) is 1. The second kappa shape index (κ2) is 3.63. The van der Waals surface area contributed by atoms with Crippen LogP contribution in [-0.2, 0) is 0 Å². The first-order chi connectivity index (χ1) is 5.63. The van der Waals surface area contributed by atoms with Crippen molar-refractivity contribution in [2.45, 2.75) is 19.9 Å². The summed E-state index contributed by atoms with van der Waals surface area (Å²) in [5.74, 6) is -0.117. The molecule has 0 aliphatic heterocycles. The van der Waals surface area contributed by atoms with Crippen LogP contribution in [0.1, 0.15) is 25.6 Å². The largest absolute Gasteiger partial charge is 0.322 e. The van der Waals surface area contributed by atoms with Gasteiger partial charge in [0.2, 0.25) is 0 Å². The van der Waals surface area contributed by atoms with E-state index >= 15 is 0 Å². The SMILES string of the molecule is CC(C)[C@H](N)c1ncccc1F. The number of rotatable bonds is 2. The van der Waals surface area contributed by atoms with Gasteiger partial charge in [-0.05, 0) is 18.1 Å². The van der Waals surface area contributed by atoms with Crippen LogP contribution in [-0.4, -0.2) is 4.98 Å². The molecule has 0 amide bonds. The third kappa shape index (κ3) is 1.80. The summed E-state index contributed by atoms with van der Waals surface area (Å²) in [4.78, 5) is 3.90. The van der Waals surface area contributed by atoms with Crippen LogP contribution in [0.4, 0.5) is 4.39 Å². The first kappa shape index (κ1) is 9.13. The van der Waals surface area contributed by atoms with Crippen molar-refractivity contribution in [2.24, 2.45) is 11.7 Å². The minimum atomic E-state index is -0.321. The molecule has 0 radical (unpaired) electrons. The van der Waals surface area contributed by atoms with Gasteiger partial charge in [-0.25, -0.2) is 4.39 Å². The summed E-state index contributed by atoms with van der Waals surface area (Å²) in [6.45, 7) is 3.89. The lowest BCUT2D eigenvalue weighted by molar-refractivity contribution is 0.471. The first-order valence-electron chi connectivity index (χ1n) is 3.99. The van der Waals surface area contributed by atoms with Crippen molar-refractivity contribution in [2.75, 3.05) is 0 Å². The lowest BCUT2D eigenvalue weighted by Gasteiger charge is -2.14. The zero-order valence-electron chi connectivity index (χ0n) is 7.29. The summed E-state index contributed by atoms with van der Waals surface area (Å²) in [6, 6.07) is 2.63. The first-order valence-corrected chi connectivity index (χ1v) is 3.99. The molecule has 2 nitrogen and oxygen atoms in total. The number of hydrogen-bond acceptors (Lipinski definition) is 2. The third-order valence-corrected chi connectivity index (χ3v) is 1.82. The predicted molar refractivity (Wildman–Crippen MR) is 46.0 cm³/mol. The molecule has 12 heavy (non-hydrogen) atoms. The molecule has 0 saturated heterocycles. The molecule has 0 unspecified atom stereocenters. The second-order valence-corrected chi connectivity index (χ2v) is 3.14. The fourth-order valence-electron chi connectivity index (χ4n) is 0.959. The molecule has 1 aromatic rings. The maximum Gasteiger partial charge on any atom is 0.146 e. The molecule has 1 aromatic heterocycles. The van der Waals surface area contributed by atoms with E-state index < -0.39 is 0 Å². The van der Waals surface area contributed by atoms with Crippen LogP contribution >= 0.6 is 0 Å². The van der Waals surface area contributed by atoms with E-state index in [1.165, 1.54) is 6.07 Å². The van der Waals surface area contributed by atoms with E-state index in [9.17, 15) is 4.39 Å². The molecule has 3 heteroatoms. The van der Waals surface area contributed by atoms with Gasteiger partial charge in [0, 0.05) is 6.20 Å². The smallest absolute Gasteiger partial charge is 0.146 e. The molecule has 1 atom stereocenters. The van der Waals surface area contributed by atoms with Crippen LogP contribution < -0.4 is 5.73 Å². The van der Waals surface area contributed by atoms with Gasteiger partial charge < -0.3 is 5.73 Å². The summed E-state index contributed by atoms with van der Waals surface area (Å²) in [5.41, 5.74) is 6.09. The van der Waals surface area contributed by atoms with Crippen LogP contribution in [0.2, 0.25) is 0 Å². The molecular formula is C9H13FN2. The zero-order chi connectivity index (χ0) is 9.14. The molecule has 0 bridgehead atoms. The lowest BCUT2D eigenvalue weighted by Crippen LogP contribution is -2.19. The lowest BCUT2D eigenvalue weighted by atomic mass is 10.0. The Morgan fingerprint density at radius 1 is 1.50 bits per heavy atom. The predicted octanol–water partition coefficient (Wildman–Crippen LogP) is 1.88. The quantitative estimate of drug-likeness (QED) is 0.732. The van der Waals surface area contributed by atoms with Gasteiger partial charge in [0.25, 0.3) is 0 Å². The van der Waals surface area contributed by atoms with Gasteiger partial charge in [-0.15, -0.1) is 0 Å². The van der Waals surface area contributed by atoms with Crippen LogP contribution in [0.3, 0.4) is 0 Å². The van der Waals surface area contributed by atoms with Crippen molar-refractivity contribution in [1.82, 2.24) is 4.98 Å². The number of hydrogen-bond donors (Lipinski definition) is 1. The highest BCUT2D eigenvalue weighted by molar-refractivity contribution is 5.11. The van der Waals surface area contributed by atoms with E-state index in [4.69, 9.17) is 5.73 Å². The van der Waals surface area contributed by atoms with Crippen molar-refractivity contribution in [3.8, 4) is 0 Å².